The molecule has 4 aromatic rings. The maximum absolute atomic E-state index is 12.1. The molecule has 0 aliphatic carbocycles. The van der Waals surface area contributed by atoms with Crippen LogP contribution in [0, 0.1) is 0 Å². The van der Waals surface area contributed by atoms with E-state index in [2.05, 4.69) is 116 Å². The Labute approximate surface area is 277 Å². The van der Waals surface area contributed by atoms with E-state index in [4.69, 9.17) is 0 Å². The summed E-state index contributed by atoms with van der Waals surface area (Å²) >= 11 is 0. The van der Waals surface area contributed by atoms with E-state index in [1.54, 1.807) is 12.1 Å². The second kappa shape index (κ2) is 12.5. The minimum absolute atomic E-state index is 0.121. The highest BCUT2D eigenvalue weighted by molar-refractivity contribution is 7.85. The molecule has 7 nitrogen and oxygen atoms in total. The Hall–Kier alpha value is -4.08. The van der Waals surface area contributed by atoms with Gasteiger partial charge in [-0.25, -0.2) is 0 Å². The monoisotopic (exact) mass is 651 g/mol. The molecular formula is C39H43N2O5S+. The molecule has 0 spiro atoms. The predicted octanol–water partition coefficient (Wildman–Crippen LogP) is 7.90. The lowest BCUT2D eigenvalue weighted by Gasteiger charge is -2.27. The van der Waals surface area contributed by atoms with Crippen LogP contribution in [0.5, 0.6) is 0 Å². The molecule has 2 heterocycles. The normalized spacial score (nSPS) is 17.8. The topological polar surface area (TPSA) is 101 Å². The summed E-state index contributed by atoms with van der Waals surface area (Å²) in [5, 5.41) is 21.0. The number of aliphatic hydroxyl groups excluding tert-OH is 1. The van der Waals surface area contributed by atoms with E-state index in [9.17, 15) is 23.2 Å². The van der Waals surface area contributed by atoms with Crippen molar-refractivity contribution >= 4 is 43.7 Å². The molecule has 3 N–H and O–H groups in total. The van der Waals surface area contributed by atoms with Gasteiger partial charge in [-0.3, -0.25) is 4.55 Å². The number of rotatable bonds is 10. The molecule has 0 bridgehead atoms. The number of nitrogens with zero attached hydrogens (tertiary/aromatic N) is 2. The van der Waals surface area contributed by atoms with Gasteiger partial charge in [-0.15, -0.1) is 0 Å². The summed E-state index contributed by atoms with van der Waals surface area (Å²) in [6.45, 7) is 9.38. The van der Waals surface area contributed by atoms with Gasteiger partial charge in [0.1, 0.15) is 6.54 Å². The van der Waals surface area contributed by atoms with Gasteiger partial charge >= 0.3 is 0 Å². The molecule has 8 heteroatoms. The molecule has 244 valence electrons. The molecule has 2 aliphatic heterocycles. The first-order valence-electron chi connectivity index (χ1n) is 16.2. The number of hydrogen-bond donors (Lipinski definition) is 3. The van der Waals surface area contributed by atoms with Crippen molar-refractivity contribution in [2.45, 2.75) is 75.4 Å². The van der Waals surface area contributed by atoms with Crippen molar-refractivity contribution in [3.8, 4) is 0 Å². The van der Waals surface area contributed by atoms with Gasteiger partial charge in [-0.1, -0.05) is 68.5 Å². The zero-order chi connectivity index (χ0) is 33.6. The van der Waals surface area contributed by atoms with Crippen LogP contribution in [0.2, 0.25) is 0 Å². The summed E-state index contributed by atoms with van der Waals surface area (Å²) in [6.07, 6.45) is 7.77. The molecule has 2 aliphatic rings. The van der Waals surface area contributed by atoms with Crippen molar-refractivity contribution in [2.75, 3.05) is 11.4 Å². The van der Waals surface area contributed by atoms with E-state index in [-0.39, 0.29) is 10.3 Å². The van der Waals surface area contributed by atoms with E-state index in [0.717, 1.165) is 46.9 Å². The highest BCUT2D eigenvalue weighted by Crippen LogP contribution is 2.53. The molecule has 47 heavy (non-hydrogen) atoms. The van der Waals surface area contributed by atoms with Gasteiger partial charge in [0.05, 0.1) is 16.0 Å². The Morgan fingerprint density at radius 2 is 1.57 bits per heavy atom. The fourth-order valence-corrected chi connectivity index (χ4v) is 7.85. The van der Waals surface area contributed by atoms with Crippen LogP contribution in [0.4, 0.5) is 17.1 Å². The van der Waals surface area contributed by atoms with Gasteiger partial charge in [0.25, 0.3) is 10.1 Å². The highest BCUT2D eigenvalue weighted by Gasteiger charge is 2.45. The van der Waals surface area contributed by atoms with Crippen molar-refractivity contribution in [3.05, 3.63) is 120 Å². The zero-order valence-corrected chi connectivity index (χ0v) is 28.2. The number of fused-ring (bicyclic) bond motifs is 4. The number of hydrogen-bond acceptors (Lipinski definition) is 5. The maximum Gasteiger partial charge on any atom is 0.294 e. The van der Waals surface area contributed by atoms with Crippen LogP contribution in [0.15, 0.2) is 114 Å². The Bertz CT molecular complexity index is 2030. The van der Waals surface area contributed by atoms with E-state index < -0.39 is 21.8 Å². The third-order valence-electron chi connectivity index (χ3n) is 9.68. The maximum atomic E-state index is 12.1. The Morgan fingerprint density at radius 1 is 0.851 bits per heavy atom. The minimum Gasteiger partial charge on any atom is -0.368 e. The summed E-state index contributed by atoms with van der Waals surface area (Å²) in [5.74, 6) is 0. The number of unbranched alkanes of at least 4 members (excludes halogenated alkanes) is 2. The molecular weight excluding hydrogens is 609 g/mol. The molecule has 0 unspecified atom stereocenters. The second-order valence-electron chi connectivity index (χ2n) is 13.5. The lowest BCUT2D eigenvalue weighted by atomic mass is 9.80. The fourth-order valence-electron chi connectivity index (χ4n) is 7.34. The van der Waals surface area contributed by atoms with Crippen LogP contribution in [-0.4, -0.2) is 46.3 Å². The molecule has 0 amide bonds. The van der Waals surface area contributed by atoms with E-state index in [0.29, 0.717) is 19.4 Å². The standard InChI is InChI=1S/C39H42N2O5S/c1-38(2)31-26-29(47(44,45)46)22-24-32(31)40(25-12-6-9-20-36(42)43)34(38)18-13-19-35-39(3,4)37-30-17-11-10-14-27(30)21-23-33(37)41(35)28-15-7-5-8-16-28/h5,7-8,10-11,13-19,21-24,26,36,42-43H,6,9,12,20,25H2,1-4H3/p+1. The second-order valence-corrected chi connectivity index (χ2v) is 15.0. The molecule has 0 saturated carbocycles. The van der Waals surface area contributed by atoms with Gasteiger partial charge in [0.2, 0.25) is 5.69 Å². The Morgan fingerprint density at radius 3 is 2.30 bits per heavy atom. The quantitative estimate of drug-likeness (QED) is 0.0698. The lowest BCUT2D eigenvalue weighted by Crippen LogP contribution is -2.28. The Kier molecular flexibility index (Phi) is 8.74. The molecule has 0 atom stereocenters. The fraction of sp³-hybridized carbons (Fsp3) is 0.308. The molecule has 4 aromatic carbocycles. The van der Waals surface area contributed by atoms with Gasteiger partial charge in [-0.2, -0.15) is 13.0 Å². The largest absolute Gasteiger partial charge is 0.368 e. The van der Waals surface area contributed by atoms with Crippen LogP contribution < -0.4 is 4.90 Å². The average molecular weight is 652 g/mol. The zero-order valence-electron chi connectivity index (χ0n) is 27.4. The summed E-state index contributed by atoms with van der Waals surface area (Å²) in [7, 11) is -4.37. The SMILES string of the molecule is CC1(C)C(C=CC=C2N(c3ccccc3)c3ccc4ccccc4c3C2(C)C)=[N+](CCCCCC(O)O)c2ccc(S(=O)(=O)O)cc21. The lowest BCUT2D eigenvalue weighted by molar-refractivity contribution is -0.438. The van der Waals surface area contributed by atoms with Gasteiger partial charge < -0.3 is 15.1 Å². The van der Waals surface area contributed by atoms with Crippen LogP contribution in [-0.2, 0) is 20.9 Å². The summed E-state index contributed by atoms with van der Waals surface area (Å²) < 4.78 is 36.2. The third-order valence-corrected chi connectivity index (χ3v) is 10.5. The smallest absolute Gasteiger partial charge is 0.294 e. The molecule has 0 saturated heterocycles. The minimum atomic E-state index is -4.37. The van der Waals surface area contributed by atoms with E-state index >= 15 is 0 Å². The number of allylic oxidation sites excluding steroid dienone is 4. The average Bonchev–Trinajstić information content (AvgIpc) is 3.39. The number of anilines is 2. The van der Waals surface area contributed by atoms with Crippen molar-refractivity contribution in [1.29, 1.82) is 0 Å². The van der Waals surface area contributed by atoms with Crippen molar-refractivity contribution in [3.63, 3.8) is 0 Å². The van der Waals surface area contributed by atoms with Gasteiger partial charge in [-0.05, 0) is 85.9 Å². The van der Waals surface area contributed by atoms with E-state index in [1.807, 2.05) is 6.07 Å². The van der Waals surface area contributed by atoms with E-state index in [1.165, 1.54) is 22.4 Å². The highest BCUT2D eigenvalue weighted by atomic mass is 32.2. The van der Waals surface area contributed by atoms with Crippen molar-refractivity contribution in [1.82, 2.24) is 0 Å². The molecule has 0 fully saturated rings. The van der Waals surface area contributed by atoms with Crippen LogP contribution in [0.3, 0.4) is 0 Å². The first kappa shape index (κ1) is 32.8. The number of benzene rings is 4. The predicted molar refractivity (Wildman–Crippen MR) is 189 cm³/mol. The summed E-state index contributed by atoms with van der Waals surface area (Å²) in [5.41, 5.74) is 6.57. The van der Waals surface area contributed by atoms with Crippen LogP contribution in [0.1, 0.15) is 64.5 Å². The van der Waals surface area contributed by atoms with Crippen molar-refractivity contribution in [2.24, 2.45) is 0 Å². The van der Waals surface area contributed by atoms with Gasteiger partial charge in [0.15, 0.2) is 12.0 Å². The van der Waals surface area contributed by atoms with Gasteiger partial charge in [0, 0.05) is 40.9 Å². The summed E-state index contributed by atoms with van der Waals surface area (Å²) in [6, 6.07) is 28.1. The first-order valence-corrected chi connectivity index (χ1v) is 17.6. The van der Waals surface area contributed by atoms with Crippen LogP contribution >= 0.6 is 0 Å². The third kappa shape index (κ3) is 6.07. The molecule has 0 aromatic heterocycles. The molecule has 6 rings (SSSR count). The number of aliphatic hydroxyl groups is 2. The number of para-hydroxylation sites is 1. The molecule has 0 radical (unpaired) electrons. The Balaban J connectivity index is 1.44. The first-order chi connectivity index (χ1) is 22.3. The van der Waals surface area contributed by atoms with Crippen LogP contribution in [0.25, 0.3) is 10.8 Å². The van der Waals surface area contributed by atoms with Crippen molar-refractivity contribution < 1.29 is 27.8 Å². The summed E-state index contributed by atoms with van der Waals surface area (Å²) in [4.78, 5) is 2.22.